The summed E-state index contributed by atoms with van der Waals surface area (Å²) in [5, 5.41) is 9.08. The van der Waals surface area contributed by atoms with Crippen LogP contribution in [0, 0.1) is 0 Å². The molecule has 1 unspecified atom stereocenters. The number of hydrogen-bond donors (Lipinski definition) is 1. The fourth-order valence-corrected chi connectivity index (χ4v) is 3.98. The number of carboxylic acid groups (broad SMARTS) is 1. The molecule has 1 fully saturated rings. The highest BCUT2D eigenvalue weighted by molar-refractivity contribution is 9.10. The van der Waals surface area contributed by atoms with Crippen LogP contribution in [0.1, 0.15) is 0 Å². The predicted molar refractivity (Wildman–Crippen MR) is 70.3 cm³/mol. The largest absolute Gasteiger partial charge is 0.480 e. The van der Waals surface area contributed by atoms with Crippen LogP contribution in [0.4, 0.5) is 0 Å². The number of ether oxygens (including phenoxy) is 1. The summed E-state index contributed by atoms with van der Waals surface area (Å²) in [5.41, 5.74) is 0. The standard InChI is InChI=1S/C11H12BrNO5S/c12-8-2-1-3-9(6-8)19(16,17)13-4-5-18-7-10(13)11(14)15/h1-3,6,10H,4-5,7H2,(H,14,15). The first-order chi connectivity index (χ1) is 8.93. The van der Waals surface area contributed by atoms with Crippen LogP contribution in [0.5, 0.6) is 0 Å². The number of rotatable bonds is 3. The third-order valence-corrected chi connectivity index (χ3v) is 5.16. The highest BCUT2D eigenvalue weighted by Gasteiger charge is 2.38. The first kappa shape index (κ1) is 14.4. The zero-order chi connectivity index (χ0) is 14.0. The van der Waals surface area contributed by atoms with E-state index in [0.29, 0.717) is 4.47 Å². The van der Waals surface area contributed by atoms with Crippen LogP contribution in [0.3, 0.4) is 0 Å². The van der Waals surface area contributed by atoms with Gasteiger partial charge in [-0.2, -0.15) is 4.31 Å². The Hall–Kier alpha value is -0.960. The van der Waals surface area contributed by atoms with Gasteiger partial charge in [0.1, 0.15) is 6.04 Å². The zero-order valence-corrected chi connectivity index (χ0v) is 12.2. The van der Waals surface area contributed by atoms with Gasteiger partial charge in [-0.1, -0.05) is 22.0 Å². The van der Waals surface area contributed by atoms with Crippen LogP contribution in [-0.4, -0.2) is 49.6 Å². The number of halogens is 1. The summed E-state index contributed by atoms with van der Waals surface area (Å²) in [6.07, 6.45) is 0. The van der Waals surface area contributed by atoms with E-state index in [-0.39, 0.29) is 24.7 Å². The minimum atomic E-state index is -3.84. The van der Waals surface area contributed by atoms with Crippen molar-refractivity contribution in [3.05, 3.63) is 28.7 Å². The van der Waals surface area contributed by atoms with Crippen molar-refractivity contribution in [3.63, 3.8) is 0 Å². The van der Waals surface area contributed by atoms with E-state index in [1.54, 1.807) is 12.1 Å². The maximum atomic E-state index is 12.4. The monoisotopic (exact) mass is 349 g/mol. The highest BCUT2D eigenvalue weighted by Crippen LogP contribution is 2.23. The second kappa shape index (κ2) is 5.58. The Morgan fingerprint density at radius 2 is 2.21 bits per heavy atom. The van der Waals surface area contributed by atoms with Crippen molar-refractivity contribution >= 4 is 31.9 Å². The lowest BCUT2D eigenvalue weighted by Gasteiger charge is -2.31. The third-order valence-electron chi connectivity index (χ3n) is 2.77. The predicted octanol–water partition coefficient (Wildman–Crippen LogP) is 0.923. The number of sulfonamides is 1. The molecule has 1 saturated heterocycles. The van der Waals surface area contributed by atoms with Gasteiger partial charge in [-0.05, 0) is 18.2 Å². The molecule has 6 nitrogen and oxygen atoms in total. The molecule has 1 aromatic carbocycles. The molecule has 0 amide bonds. The highest BCUT2D eigenvalue weighted by atomic mass is 79.9. The molecule has 1 atom stereocenters. The molecule has 1 aliphatic rings. The van der Waals surface area contributed by atoms with Crippen LogP contribution in [-0.2, 0) is 19.6 Å². The number of benzene rings is 1. The topological polar surface area (TPSA) is 83.9 Å². The average Bonchev–Trinajstić information content (AvgIpc) is 2.38. The number of carbonyl (C=O) groups is 1. The molecule has 1 aliphatic heterocycles. The van der Waals surface area contributed by atoms with Crippen LogP contribution in [0.25, 0.3) is 0 Å². The Bertz CT molecular complexity index is 589. The van der Waals surface area contributed by atoms with Crippen molar-refractivity contribution in [2.45, 2.75) is 10.9 Å². The number of morpholine rings is 1. The van der Waals surface area contributed by atoms with E-state index in [4.69, 9.17) is 9.84 Å². The Labute approximate surface area is 119 Å². The van der Waals surface area contributed by atoms with E-state index < -0.39 is 22.0 Å². The van der Waals surface area contributed by atoms with E-state index in [0.717, 1.165) is 4.31 Å². The van der Waals surface area contributed by atoms with Crippen molar-refractivity contribution in [3.8, 4) is 0 Å². The fourth-order valence-electron chi connectivity index (χ4n) is 1.83. The molecule has 19 heavy (non-hydrogen) atoms. The zero-order valence-electron chi connectivity index (χ0n) is 9.82. The SMILES string of the molecule is O=C(O)C1COCCN1S(=O)(=O)c1cccc(Br)c1. The molecule has 0 radical (unpaired) electrons. The summed E-state index contributed by atoms with van der Waals surface area (Å²) < 4.78 is 31.5. The van der Waals surface area contributed by atoms with Gasteiger partial charge in [0, 0.05) is 11.0 Å². The van der Waals surface area contributed by atoms with Crippen LogP contribution >= 0.6 is 15.9 Å². The van der Waals surface area contributed by atoms with Gasteiger partial charge in [-0.3, -0.25) is 4.79 Å². The van der Waals surface area contributed by atoms with E-state index in [1.165, 1.54) is 12.1 Å². The van der Waals surface area contributed by atoms with Crippen molar-refractivity contribution < 1.29 is 23.1 Å². The third kappa shape index (κ3) is 2.97. The molecule has 0 aromatic heterocycles. The lowest BCUT2D eigenvalue weighted by molar-refractivity contribution is -0.146. The van der Waals surface area contributed by atoms with Crippen molar-refractivity contribution in [2.24, 2.45) is 0 Å². The van der Waals surface area contributed by atoms with Gasteiger partial charge in [0.2, 0.25) is 10.0 Å². The molecule has 8 heteroatoms. The normalized spacial score (nSPS) is 21.2. The first-order valence-electron chi connectivity index (χ1n) is 5.51. The van der Waals surface area contributed by atoms with Gasteiger partial charge in [0.15, 0.2) is 0 Å². The van der Waals surface area contributed by atoms with Gasteiger partial charge in [0.05, 0.1) is 18.1 Å². The van der Waals surface area contributed by atoms with Crippen LogP contribution in [0.15, 0.2) is 33.6 Å². The Balaban J connectivity index is 2.40. The molecule has 0 saturated carbocycles. The smallest absolute Gasteiger partial charge is 0.324 e. The van der Waals surface area contributed by atoms with Crippen LogP contribution in [0.2, 0.25) is 0 Å². The van der Waals surface area contributed by atoms with Crippen molar-refractivity contribution in [1.82, 2.24) is 4.31 Å². The lowest BCUT2D eigenvalue weighted by atomic mass is 10.3. The summed E-state index contributed by atoms with van der Waals surface area (Å²) in [6.45, 7) is 0.0887. The minimum Gasteiger partial charge on any atom is -0.480 e. The number of nitrogens with zero attached hydrogens (tertiary/aromatic N) is 1. The van der Waals surface area contributed by atoms with Gasteiger partial charge < -0.3 is 9.84 Å². The first-order valence-corrected chi connectivity index (χ1v) is 7.74. The molecule has 104 valence electrons. The number of hydrogen-bond acceptors (Lipinski definition) is 4. The van der Waals surface area contributed by atoms with E-state index >= 15 is 0 Å². The molecule has 0 aliphatic carbocycles. The maximum Gasteiger partial charge on any atom is 0.324 e. The molecule has 0 spiro atoms. The Morgan fingerprint density at radius 1 is 1.47 bits per heavy atom. The van der Waals surface area contributed by atoms with E-state index in [1.807, 2.05) is 0 Å². The van der Waals surface area contributed by atoms with Gasteiger partial charge in [-0.15, -0.1) is 0 Å². The van der Waals surface area contributed by atoms with Gasteiger partial charge in [0.25, 0.3) is 0 Å². The van der Waals surface area contributed by atoms with Crippen LogP contribution < -0.4 is 0 Å². The Morgan fingerprint density at radius 3 is 2.84 bits per heavy atom. The molecular formula is C11H12BrNO5S. The van der Waals surface area contributed by atoms with Crippen molar-refractivity contribution in [1.29, 1.82) is 0 Å². The van der Waals surface area contributed by atoms with Gasteiger partial charge in [-0.25, -0.2) is 8.42 Å². The summed E-state index contributed by atoms with van der Waals surface area (Å²) in [6, 6.07) is 5.00. The molecule has 1 aromatic rings. The van der Waals surface area contributed by atoms with Gasteiger partial charge >= 0.3 is 5.97 Å². The molecule has 1 heterocycles. The fraction of sp³-hybridized carbons (Fsp3) is 0.364. The van der Waals surface area contributed by atoms with E-state index in [9.17, 15) is 13.2 Å². The Kier molecular flexibility index (Phi) is 4.24. The second-order valence-electron chi connectivity index (χ2n) is 4.00. The molecule has 1 N–H and O–H groups in total. The quantitative estimate of drug-likeness (QED) is 0.877. The molecule has 0 bridgehead atoms. The molecule has 2 rings (SSSR count). The summed E-state index contributed by atoms with van der Waals surface area (Å²) >= 11 is 3.20. The summed E-state index contributed by atoms with van der Waals surface area (Å²) in [4.78, 5) is 11.2. The summed E-state index contributed by atoms with van der Waals surface area (Å²) in [7, 11) is -3.84. The maximum absolute atomic E-state index is 12.4. The number of carboxylic acids is 1. The second-order valence-corrected chi connectivity index (χ2v) is 6.81. The minimum absolute atomic E-state index is 0.0335. The average molecular weight is 350 g/mol. The summed E-state index contributed by atoms with van der Waals surface area (Å²) in [5.74, 6) is -1.21. The lowest BCUT2D eigenvalue weighted by Crippen LogP contribution is -2.52. The molecular weight excluding hydrogens is 338 g/mol. The van der Waals surface area contributed by atoms with Crippen molar-refractivity contribution in [2.75, 3.05) is 19.8 Å². The van der Waals surface area contributed by atoms with E-state index in [2.05, 4.69) is 15.9 Å². The number of aliphatic carboxylic acids is 1.